The Kier molecular flexibility index (Phi) is 9.87. The molecule has 9 rings (SSSR count). The smallest absolute Gasteiger partial charge is 0.251 e. The van der Waals surface area contributed by atoms with Gasteiger partial charge < -0.3 is 40.1 Å². The van der Waals surface area contributed by atoms with Crippen LogP contribution in [-0.2, 0) is 20.6 Å². The molecule has 0 saturated carbocycles. The molecule has 16 heteroatoms. The van der Waals surface area contributed by atoms with Gasteiger partial charge in [-0.15, -0.1) is 0 Å². The van der Waals surface area contributed by atoms with Gasteiger partial charge in [0, 0.05) is 64.4 Å². The Labute approximate surface area is 336 Å². The van der Waals surface area contributed by atoms with Crippen LogP contribution in [0.15, 0.2) is 75.4 Å². The molecule has 0 bridgehead atoms. The normalized spacial score (nSPS) is 23.2. The fourth-order valence-electron chi connectivity index (χ4n) is 7.46. The van der Waals surface area contributed by atoms with Crippen LogP contribution in [0.25, 0.3) is 0 Å². The lowest BCUT2D eigenvalue weighted by Crippen LogP contribution is -2.43. The first-order valence-electron chi connectivity index (χ1n) is 18.2. The van der Waals surface area contributed by atoms with Crippen molar-refractivity contribution in [1.29, 1.82) is 0 Å². The molecular weight excluding hydrogens is 812 g/mol. The molecule has 5 aliphatic rings. The maximum absolute atomic E-state index is 13.7. The molecule has 4 aromatic rings. The summed E-state index contributed by atoms with van der Waals surface area (Å²) >= 11 is 9.57. The van der Waals surface area contributed by atoms with Crippen LogP contribution in [0.3, 0.4) is 0 Å². The van der Waals surface area contributed by atoms with Crippen LogP contribution in [0, 0.1) is 5.41 Å². The summed E-state index contributed by atoms with van der Waals surface area (Å²) in [5, 5.41) is 0.375. The van der Waals surface area contributed by atoms with Gasteiger partial charge in [-0.25, -0.2) is 18.7 Å². The van der Waals surface area contributed by atoms with Crippen molar-refractivity contribution in [2.75, 3.05) is 51.0 Å². The molecule has 7 heterocycles. The molecular formula is C40H41BrClF2N7O5. The fourth-order valence-corrected chi connectivity index (χ4v) is 7.98. The van der Waals surface area contributed by atoms with Gasteiger partial charge >= 0.3 is 0 Å². The van der Waals surface area contributed by atoms with Crippen LogP contribution >= 0.6 is 27.5 Å². The van der Waals surface area contributed by atoms with Crippen LogP contribution in [0.4, 0.5) is 14.5 Å². The number of nitrogens with two attached hydrogens (primary N) is 2. The molecule has 0 unspecified atom stereocenters. The van der Waals surface area contributed by atoms with E-state index in [0.717, 1.165) is 32.4 Å². The first kappa shape index (κ1) is 38.3. The van der Waals surface area contributed by atoms with Crippen molar-refractivity contribution >= 4 is 44.9 Å². The molecule has 0 aliphatic carbocycles. The van der Waals surface area contributed by atoms with Gasteiger partial charge in [0.05, 0.1) is 32.2 Å². The maximum Gasteiger partial charge on any atom is 0.251 e. The molecule has 2 atom stereocenters. The summed E-state index contributed by atoms with van der Waals surface area (Å²) in [6, 6.07) is 15.1. The zero-order valence-corrected chi connectivity index (χ0v) is 33.4. The summed E-state index contributed by atoms with van der Waals surface area (Å²) in [6.07, 6.45) is 2.91. The number of anilines is 1. The minimum Gasteiger partial charge on any atom is -0.477 e. The number of halogens is 4. The van der Waals surface area contributed by atoms with E-state index in [1.807, 2.05) is 47.4 Å². The molecule has 0 amide bonds. The Morgan fingerprint density at radius 1 is 0.786 bits per heavy atom. The van der Waals surface area contributed by atoms with Crippen LogP contribution in [-0.4, -0.2) is 73.7 Å². The van der Waals surface area contributed by atoms with Gasteiger partial charge in [-0.2, -0.15) is 0 Å². The highest BCUT2D eigenvalue weighted by molar-refractivity contribution is 9.10. The summed E-state index contributed by atoms with van der Waals surface area (Å²) < 4.78 is 58.0. The molecule has 12 nitrogen and oxygen atoms in total. The highest BCUT2D eigenvalue weighted by Gasteiger charge is 2.47. The zero-order chi connectivity index (χ0) is 39.5. The second-order valence-electron chi connectivity index (χ2n) is 15.7. The third kappa shape index (κ3) is 7.37. The Hall–Kier alpha value is -4.57. The summed E-state index contributed by atoms with van der Waals surface area (Å²) in [7, 11) is 0. The lowest BCUT2D eigenvalue weighted by Gasteiger charge is -2.40. The van der Waals surface area contributed by atoms with Crippen LogP contribution in [0.2, 0.25) is 5.15 Å². The van der Waals surface area contributed by atoms with Crippen LogP contribution < -0.4 is 30.6 Å². The number of ether oxygens (including phenoxy) is 5. The maximum atomic E-state index is 13.7. The average molecular weight is 853 g/mol. The van der Waals surface area contributed by atoms with E-state index < -0.39 is 17.0 Å². The van der Waals surface area contributed by atoms with E-state index in [9.17, 15) is 8.78 Å². The number of hydrogen-bond acceptors (Lipinski definition) is 12. The number of rotatable bonds is 3. The van der Waals surface area contributed by atoms with E-state index >= 15 is 0 Å². The van der Waals surface area contributed by atoms with Crippen molar-refractivity contribution in [3.63, 3.8) is 0 Å². The zero-order valence-electron chi connectivity index (χ0n) is 31.1. The topological polar surface area (TPSA) is 152 Å². The Balaban J connectivity index is 0.000000172. The van der Waals surface area contributed by atoms with E-state index in [4.69, 9.17) is 56.7 Å². The van der Waals surface area contributed by atoms with Gasteiger partial charge in [0.1, 0.15) is 52.6 Å². The summed E-state index contributed by atoms with van der Waals surface area (Å²) in [4.78, 5) is 20.1. The lowest BCUT2D eigenvalue weighted by atomic mass is 9.80. The second kappa shape index (κ2) is 14.4. The molecule has 2 aromatic heterocycles. The number of hydrogen-bond donors (Lipinski definition) is 2. The van der Waals surface area contributed by atoms with Gasteiger partial charge in [0.2, 0.25) is 5.88 Å². The first-order chi connectivity index (χ1) is 26.6. The van der Waals surface area contributed by atoms with E-state index in [2.05, 4.69) is 46.7 Å². The minimum absolute atomic E-state index is 0.0327. The number of amidine groups is 2. The Bertz CT molecular complexity index is 2190. The Morgan fingerprint density at radius 2 is 1.34 bits per heavy atom. The quantitative estimate of drug-likeness (QED) is 0.196. The second-order valence-corrected chi connectivity index (χ2v) is 17.0. The van der Waals surface area contributed by atoms with Crippen molar-refractivity contribution in [2.45, 2.75) is 50.6 Å². The van der Waals surface area contributed by atoms with E-state index in [1.54, 1.807) is 18.5 Å². The predicted octanol–water partition coefficient (Wildman–Crippen LogP) is 7.71. The first-order valence-corrected chi connectivity index (χ1v) is 19.4. The average Bonchev–Trinajstić information content (AvgIpc) is 3.15. The van der Waals surface area contributed by atoms with E-state index in [0.29, 0.717) is 65.5 Å². The number of fused-ring (bicyclic) bond motifs is 8. The molecule has 2 spiro atoms. The third-order valence-electron chi connectivity index (χ3n) is 10.1. The van der Waals surface area contributed by atoms with Crippen LogP contribution in [0.5, 0.6) is 28.9 Å². The fraction of sp³-hybridized carbons (Fsp3) is 0.400. The van der Waals surface area contributed by atoms with Crippen molar-refractivity contribution in [2.24, 2.45) is 26.9 Å². The highest BCUT2D eigenvalue weighted by Crippen LogP contribution is 2.53. The van der Waals surface area contributed by atoms with Gasteiger partial charge in [-0.1, -0.05) is 48.3 Å². The number of alkyl halides is 2. The molecule has 56 heavy (non-hydrogen) atoms. The highest BCUT2D eigenvalue weighted by atomic mass is 79.9. The van der Waals surface area contributed by atoms with Gasteiger partial charge in [-0.05, 0) is 47.9 Å². The molecule has 1 saturated heterocycles. The third-order valence-corrected chi connectivity index (χ3v) is 10.8. The molecule has 2 aromatic carbocycles. The van der Waals surface area contributed by atoms with Crippen molar-refractivity contribution in [1.82, 2.24) is 9.97 Å². The number of aromatic nitrogens is 2. The summed E-state index contributed by atoms with van der Waals surface area (Å²) in [5.74, 6) is 1.17. The predicted molar refractivity (Wildman–Crippen MR) is 212 cm³/mol. The number of nitrogens with zero attached hydrogens (tertiary/aromatic N) is 5. The number of benzene rings is 2. The number of aliphatic imine (C=N–C) groups is 2. The van der Waals surface area contributed by atoms with Crippen molar-refractivity contribution in [3.8, 4) is 28.9 Å². The standard InChI is InChI=1S/C25H30F2N4O3.C15H11BrClN3O2/c1-23(2,3)14-33-22-11-18-20(12-29-22)34-19-5-4-16(31-8-6-24(26,27)7-9-31)10-17(19)25(18)15-32-13-21(28)30-25;16-8-1-2-11-9(3-8)15(7-21-6-14(18)20-15)10-4-13(17)19-5-12(10)22-11/h4-5,10-12H,6-9,13-15H2,1-3H3,(H2,28,30);1-5H,6-7H2,(H2,18,20)/t25-;15-/m00/s1. The molecule has 0 radical (unpaired) electrons. The molecule has 1 fully saturated rings. The molecule has 4 N–H and O–H groups in total. The van der Waals surface area contributed by atoms with Gasteiger partial charge in [-0.3, -0.25) is 9.98 Å². The monoisotopic (exact) mass is 851 g/mol. The minimum atomic E-state index is -2.61. The lowest BCUT2D eigenvalue weighted by molar-refractivity contribution is -0.0220. The number of pyridine rings is 2. The van der Waals surface area contributed by atoms with Crippen molar-refractivity contribution < 1.29 is 32.5 Å². The molecule has 294 valence electrons. The molecule has 5 aliphatic heterocycles. The summed E-state index contributed by atoms with van der Waals surface area (Å²) in [5.41, 5.74) is 14.5. The Morgan fingerprint density at radius 3 is 1.95 bits per heavy atom. The SMILES string of the molecule is CC(C)(C)COc1cc2c(cn1)Oc1ccc(N3CCC(F)(F)CC3)cc1[C@@]21COCC(N)=N1.NC1=N[C@@]2(COC1)c1cc(Br)ccc1Oc1cnc(Cl)cc12. The van der Waals surface area contributed by atoms with Crippen LogP contribution in [0.1, 0.15) is 55.9 Å². The van der Waals surface area contributed by atoms with E-state index in [-0.39, 0.29) is 44.6 Å². The van der Waals surface area contributed by atoms with Gasteiger partial charge in [0.25, 0.3) is 5.92 Å². The van der Waals surface area contributed by atoms with Crippen molar-refractivity contribution in [3.05, 3.63) is 92.8 Å². The van der Waals surface area contributed by atoms with Gasteiger partial charge in [0.15, 0.2) is 11.5 Å². The summed E-state index contributed by atoms with van der Waals surface area (Å²) in [6.45, 7) is 8.52. The number of piperidine rings is 1. The largest absolute Gasteiger partial charge is 0.477 e. The van der Waals surface area contributed by atoms with E-state index in [1.165, 1.54) is 0 Å².